The molecule has 124 valence electrons. The van der Waals surface area contributed by atoms with Crippen LogP contribution in [0.15, 0.2) is 53.1 Å². The lowest BCUT2D eigenvalue weighted by molar-refractivity contribution is 0.0831. The average molecular weight is 363 g/mol. The van der Waals surface area contributed by atoms with Crippen LogP contribution in [0, 0.1) is 0 Å². The van der Waals surface area contributed by atoms with E-state index in [2.05, 4.69) is 10.5 Å². The highest BCUT2D eigenvalue weighted by Gasteiger charge is 2.17. The summed E-state index contributed by atoms with van der Waals surface area (Å²) in [5, 5.41) is 6.63. The minimum absolute atomic E-state index is 0.230. The van der Waals surface area contributed by atoms with Crippen molar-refractivity contribution in [3.8, 4) is 11.3 Å². The summed E-state index contributed by atoms with van der Waals surface area (Å²) in [7, 11) is 1.59. The predicted octanol–water partition coefficient (Wildman–Crippen LogP) is 4.17. The van der Waals surface area contributed by atoms with Gasteiger partial charge in [-0.2, -0.15) is 0 Å². The van der Waals surface area contributed by atoms with Crippen molar-refractivity contribution < 1.29 is 14.1 Å². The zero-order valence-corrected chi connectivity index (χ0v) is 14.4. The Balaban J connectivity index is 1.64. The molecule has 0 fully saturated rings. The maximum absolute atomic E-state index is 12.2. The summed E-state index contributed by atoms with van der Waals surface area (Å²) >= 11 is 7.36. The van der Waals surface area contributed by atoms with E-state index >= 15 is 0 Å². The standard InChI is InChI=1S/C17H15ClN2O3S/c1-22-14(15-7-8-16(18)24-15)10-19-17(21)12-9-13(23-20-12)11-5-3-2-4-6-11/h2-9,14H,10H2,1H3,(H,19,21). The number of aromatic nitrogens is 1. The van der Waals surface area contributed by atoms with Crippen molar-refractivity contribution in [1.29, 1.82) is 0 Å². The first kappa shape index (κ1) is 16.7. The van der Waals surface area contributed by atoms with Gasteiger partial charge in [0, 0.05) is 30.2 Å². The first-order chi connectivity index (χ1) is 11.7. The van der Waals surface area contributed by atoms with Gasteiger partial charge in [0.25, 0.3) is 5.91 Å². The van der Waals surface area contributed by atoms with Gasteiger partial charge >= 0.3 is 0 Å². The number of methoxy groups -OCH3 is 1. The molecule has 0 saturated heterocycles. The van der Waals surface area contributed by atoms with Crippen LogP contribution in [0.2, 0.25) is 4.34 Å². The summed E-state index contributed by atoms with van der Waals surface area (Å²) in [6, 6.07) is 14.8. The summed E-state index contributed by atoms with van der Waals surface area (Å²) in [6.45, 7) is 0.319. The number of rotatable bonds is 6. The average Bonchev–Trinajstić information content (AvgIpc) is 3.26. The van der Waals surface area contributed by atoms with Gasteiger partial charge in [-0.25, -0.2) is 0 Å². The molecule has 1 amide bonds. The van der Waals surface area contributed by atoms with Gasteiger partial charge in [0.15, 0.2) is 11.5 Å². The number of carbonyl (C=O) groups excluding carboxylic acids is 1. The van der Waals surface area contributed by atoms with Crippen LogP contribution in [-0.2, 0) is 4.74 Å². The molecule has 7 heteroatoms. The van der Waals surface area contributed by atoms with E-state index in [0.29, 0.717) is 16.6 Å². The Morgan fingerprint density at radius 3 is 2.79 bits per heavy atom. The monoisotopic (exact) mass is 362 g/mol. The van der Waals surface area contributed by atoms with Crippen LogP contribution in [0.25, 0.3) is 11.3 Å². The molecule has 1 atom stereocenters. The van der Waals surface area contributed by atoms with E-state index in [1.54, 1.807) is 19.2 Å². The maximum atomic E-state index is 12.2. The summed E-state index contributed by atoms with van der Waals surface area (Å²) in [6.07, 6.45) is -0.257. The minimum Gasteiger partial charge on any atom is -0.374 e. The van der Waals surface area contributed by atoms with E-state index in [1.807, 2.05) is 36.4 Å². The van der Waals surface area contributed by atoms with E-state index in [9.17, 15) is 4.79 Å². The molecule has 3 aromatic rings. The highest BCUT2D eigenvalue weighted by atomic mass is 35.5. The Morgan fingerprint density at radius 1 is 1.33 bits per heavy atom. The van der Waals surface area contributed by atoms with Gasteiger partial charge in [-0.15, -0.1) is 11.3 Å². The van der Waals surface area contributed by atoms with Crippen LogP contribution in [0.3, 0.4) is 0 Å². The maximum Gasteiger partial charge on any atom is 0.273 e. The molecule has 1 aromatic carbocycles. The Bertz CT molecular complexity index is 816. The first-order valence-corrected chi connectivity index (χ1v) is 8.45. The number of nitrogens with zero attached hydrogens (tertiary/aromatic N) is 1. The number of ether oxygens (including phenoxy) is 1. The number of thiophene rings is 1. The highest BCUT2D eigenvalue weighted by molar-refractivity contribution is 7.16. The first-order valence-electron chi connectivity index (χ1n) is 7.25. The number of amides is 1. The van der Waals surface area contributed by atoms with E-state index in [0.717, 1.165) is 10.4 Å². The molecule has 0 radical (unpaired) electrons. The zero-order valence-electron chi connectivity index (χ0n) is 12.9. The van der Waals surface area contributed by atoms with Crippen molar-refractivity contribution in [1.82, 2.24) is 10.5 Å². The normalized spacial score (nSPS) is 12.1. The van der Waals surface area contributed by atoms with Gasteiger partial charge < -0.3 is 14.6 Å². The Labute approximate surface area is 148 Å². The van der Waals surface area contributed by atoms with E-state index in [4.69, 9.17) is 20.9 Å². The highest BCUT2D eigenvalue weighted by Crippen LogP contribution is 2.28. The molecular weight excluding hydrogens is 348 g/mol. The number of nitrogens with one attached hydrogen (secondary N) is 1. The summed E-state index contributed by atoms with van der Waals surface area (Å²) < 4.78 is 11.3. The van der Waals surface area contributed by atoms with Gasteiger partial charge in [-0.05, 0) is 12.1 Å². The largest absolute Gasteiger partial charge is 0.374 e. The van der Waals surface area contributed by atoms with Crippen molar-refractivity contribution in [3.63, 3.8) is 0 Å². The second-order valence-corrected chi connectivity index (χ2v) is 6.77. The third-order valence-electron chi connectivity index (χ3n) is 3.44. The van der Waals surface area contributed by atoms with Crippen molar-refractivity contribution >= 4 is 28.8 Å². The lowest BCUT2D eigenvalue weighted by Gasteiger charge is -2.13. The van der Waals surface area contributed by atoms with Gasteiger partial charge in [0.1, 0.15) is 6.10 Å². The molecule has 3 rings (SSSR count). The molecule has 0 aliphatic rings. The molecule has 2 aromatic heterocycles. The second-order valence-electron chi connectivity index (χ2n) is 5.02. The van der Waals surface area contributed by atoms with Crippen LogP contribution in [0.4, 0.5) is 0 Å². The third-order valence-corrected chi connectivity index (χ3v) is 4.77. The second kappa shape index (κ2) is 7.61. The van der Waals surface area contributed by atoms with E-state index in [-0.39, 0.29) is 17.7 Å². The van der Waals surface area contributed by atoms with Gasteiger partial charge in [-0.3, -0.25) is 4.79 Å². The quantitative estimate of drug-likeness (QED) is 0.714. The summed E-state index contributed by atoms with van der Waals surface area (Å²) in [4.78, 5) is 13.2. The molecule has 0 aliphatic heterocycles. The number of benzene rings is 1. The van der Waals surface area contributed by atoms with E-state index in [1.165, 1.54) is 11.3 Å². The molecule has 5 nitrogen and oxygen atoms in total. The van der Waals surface area contributed by atoms with Gasteiger partial charge in [-0.1, -0.05) is 47.1 Å². The van der Waals surface area contributed by atoms with Crippen molar-refractivity contribution in [2.45, 2.75) is 6.10 Å². The Hall–Kier alpha value is -2.15. The van der Waals surface area contributed by atoms with Crippen LogP contribution in [0.1, 0.15) is 21.5 Å². The predicted molar refractivity (Wildman–Crippen MR) is 93.4 cm³/mol. The molecule has 0 bridgehead atoms. The van der Waals surface area contributed by atoms with Crippen LogP contribution in [0.5, 0.6) is 0 Å². The molecule has 0 aliphatic carbocycles. The van der Waals surface area contributed by atoms with Crippen molar-refractivity contribution in [2.24, 2.45) is 0 Å². The Morgan fingerprint density at radius 2 is 2.12 bits per heavy atom. The molecule has 1 unspecified atom stereocenters. The number of hydrogen-bond acceptors (Lipinski definition) is 5. The number of halogens is 1. The molecule has 24 heavy (non-hydrogen) atoms. The van der Waals surface area contributed by atoms with Gasteiger partial charge in [0.05, 0.1) is 4.34 Å². The van der Waals surface area contributed by atoms with Crippen molar-refractivity contribution in [3.05, 3.63) is 63.4 Å². The molecular formula is C17H15ClN2O3S. The smallest absolute Gasteiger partial charge is 0.273 e. The zero-order chi connectivity index (χ0) is 16.9. The number of hydrogen-bond donors (Lipinski definition) is 1. The number of carbonyl (C=O) groups is 1. The van der Waals surface area contributed by atoms with E-state index < -0.39 is 0 Å². The van der Waals surface area contributed by atoms with Crippen LogP contribution < -0.4 is 5.32 Å². The molecule has 0 spiro atoms. The molecule has 2 heterocycles. The summed E-state index contributed by atoms with van der Waals surface area (Å²) in [5.41, 5.74) is 1.10. The van der Waals surface area contributed by atoms with Gasteiger partial charge in [0.2, 0.25) is 0 Å². The molecule has 1 N–H and O–H groups in total. The fourth-order valence-corrected chi connectivity index (χ4v) is 3.34. The lowest BCUT2D eigenvalue weighted by atomic mass is 10.1. The minimum atomic E-state index is -0.314. The fourth-order valence-electron chi connectivity index (χ4n) is 2.20. The lowest BCUT2D eigenvalue weighted by Crippen LogP contribution is -2.29. The fraction of sp³-hybridized carbons (Fsp3) is 0.176. The molecule has 0 saturated carbocycles. The topological polar surface area (TPSA) is 64.4 Å². The van der Waals surface area contributed by atoms with Crippen LogP contribution >= 0.6 is 22.9 Å². The SMILES string of the molecule is COC(CNC(=O)c1cc(-c2ccccc2)on1)c1ccc(Cl)s1. The Kier molecular flexibility index (Phi) is 5.30. The van der Waals surface area contributed by atoms with Crippen molar-refractivity contribution in [2.75, 3.05) is 13.7 Å². The summed E-state index contributed by atoms with van der Waals surface area (Å²) in [5.74, 6) is 0.236. The van der Waals surface area contributed by atoms with Crippen LogP contribution in [-0.4, -0.2) is 24.7 Å². The third kappa shape index (κ3) is 3.84.